The molecule has 1 heterocycles. The van der Waals surface area contributed by atoms with Crippen molar-refractivity contribution in [1.29, 1.82) is 0 Å². The predicted molar refractivity (Wildman–Crippen MR) is 97.1 cm³/mol. The van der Waals surface area contributed by atoms with Crippen molar-refractivity contribution in [3.05, 3.63) is 71.0 Å². The largest absolute Gasteiger partial charge is 0.449 e. The SMILES string of the molecule is N[C@H]1C[C@H](COC(=O)N2CCc3ccccc3[C@@H]2c2ccc(F)cc2)C1. The van der Waals surface area contributed by atoms with Crippen molar-refractivity contribution in [3.63, 3.8) is 0 Å². The molecule has 4 rings (SSSR count). The van der Waals surface area contributed by atoms with E-state index in [9.17, 15) is 9.18 Å². The molecule has 0 radical (unpaired) electrons. The molecule has 5 heteroatoms. The highest BCUT2D eigenvalue weighted by Gasteiger charge is 2.34. The number of halogens is 1. The van der Waals surface area contributed by atoms with Crippen LogP contribution in [0.2, 0.25) is 0 Å². The van der Waals surface area contributed by atoms with Gasteiger partial charge in [-0.15, -0.1) is 0 Å². The Morgan fingerprint density at radius 2 is 1.88 bits per heavy atom. The molecule has 0 saturated heterocycles. The van der Waals surface area contributed by atoms with Crippen LogP contribution in [0.25, 0.3) is 0 Å². The first kappa shape index (κ1) is 17.0. The van der Waals surface area contributed by atoms with Crippen LogP contribution >= 0.6 is 0 Å². The average molecular weight is 354 g/mol. The molecule has 0 bridgehead atoms. The van der Waals surface area contributed by atoms with Crippen LogP contribution in [-0.4, -0.2) is 30.2 Å². The fourth-order valence-corrected chi connectivity index (χ4v) is 3.96. The normalized spacial score (nSPS) is 24.5. The number of nitrogens with two attached hydrogens (primary N) is 1. The summed E-state index contributed by atoms with van der Waals surface area (Å²) in [5.41, 5.74) is 8.99. The van der Waals surface area contributed by atoms with Crippen LogP contribution in [-0.2, 0) is 11.2 Å². The Morgan fingerprint density at radius 1 is 1.15 bits per heavy atom. The van der Waals surface area contributed by atoms with Gasteiger partial charge in [0.25, 0.3) is 0 Å². The predicted octanol–water partition coefficient (Wildman–Crippen LogP) is 3.65. The number of ether oxygens (including phenoxy) is 1. The van der Waals surface area contributed by atoms with Gasteiger partial charge in [0.15, 0.2) is 0 Å². The van der Waals surface area contributed by atoms with Crippen molar-refractivity contribution in [3.8, 4) is 0 Å². The number of rotatable bonds is 3. The lowest BCUT2D eigenvalue weighted by atomic mass is 9.82. The minimum atomic E-state index is -0.311. The fraction of sp³-hybridized carbons (Fsp3) is 0.381. The molecule has 0 aromatic heterocycles. The number of fused-ring (bicyclic) bond motifs is 1. The standard InChI is InChI=1S/C21H23FN2O2/c22-17-7-5-16(6-8-17)20-19-4-2-1-3-15(19)9-10-24(20)21(25)26-13-14-11-18(23)12-14/h1-8,14,18,20H,9-13,23H2/t14-,18-,20-/m0/s1. The highest BCUT2D eigenvalue weighted by molar-refractivity contribution is 5.70. The highest BCUT2D eigenvalue weighted by atomic mass is 19.1. The summed E-state index contributed by atoms with van der Waals surface area (Å²) in [6.45, 7) is 1.00. The van der Waals surface area contributed by atoms with E-state index in [2.05, 4.69) is 6.07 Å². The number of hydrogen-bond acceptors (Lipinski definition) is 3. The lowest BCUT2D eigenvalue weighted by molar-refractivity contribution is 0.0578. The summed E-state index contributed by atoms with van der Waals surface area (Å²) in [6.07, 6.45) is 2.31. The maximum absolute atomic E-state index is 13.4. The molecule has 2 aromatic carbocycles. The molecule has 4 nitrogen and oxygen atoms in total. The summed E-state index contributed by atoms with van der Waals surface area (Å²) >= 11 is 0. The van der Waals surface area contributed by atoms with Crippen LogP contribution in [0.1, 0.15) is 35.6 Å². The van der Waals surface area contributed by atoms with Crippen molar-refractivity contribution in [2.75, 3.05) is 13.2 Å². The van der Waals surface area contributed by atoms with E-state index in [-0.39, 0.29) is 24.0 Å². The first-order valence-corrected chi connectivity index (χ1v) is 9.14. The lowest BCUT2D eigenvalue weighted by Crippen LogP contribution is -2.43. The number of nitrogens with zero attached hydrogens (tertiary/aromatic N) is 1. The van der Waals surface area contributed by atoms with Gasteiger partial charge in [0.1, 0.15) is 5.82 Å². The van der Waals surface area contributed by atoms with Gasteiger partial charge < -0.3 is 10.5 Å². The summed E-state index contributed by atoms with van der Waals surface area (Å²) in [7, 11) is 0. The van der Waals surface area contributed by atoms with Crippen LogP contribution in [0.5, 0.6) is 0 Å². The van der Waals surface area contributed by atoms with Gasteiger partial charge in [-0.2, -0.15) is 0 Å². The highest BCUT2D eigenvalue weighted by Crippen LogP contribution is 2.36. The molecule has 1 amide bonds. The second kappa shape index (κ2) is 7.08. The van der Waals surface area contributed by atoms with E-state index in [0.717, 1.165) is 30.4 Å². The summed E-state index contributed by atoms with van der Waals surface area (Å²) < 4.78 is 19.0. The van der Waals surface area contributed by atoms with Crippen LogP contribution in [0.4, 0.5) is 9.18 Å². The fourth-order valence-electron chi connectivity index (χ4n) is 3.96. The zero-order valence-corrected chi connectivity index (χ0v) is 14.6. The Labute approximate surface area is 152 Å². The van der Waals surface area contributed by atoms with Gasteiger partial charge >= 0.3 is 6.09 Å². The van der Waals surface area contributed by atoms with Gasteiger partial charge in [0.05, 0.1) is 12.6 Å². The number of carbonyl (C=O) groups excluding carboxylic acids is 1. The van der Waals surface area contributed by atoms with Gasteiger partial charge in [-0.25, -0.2) is 9.18 Å². The molecule has 0 spiro atoms. The number of carbonyl (C=O) groups is 1. The van der Waals surface area contributed by atoms with Crippen molar-refractivity contribution in [1.82, 2.24) is 4.90 Å². The molecule has 2 N–H and O–H groups in total. The average Bonchev–Trinajstić information content (AvgIpc) is 2.64. The van der Waals surface area contributed by atoms with Crippen LogP contribution in [0.3, 0.4) is 0 Å². The Morgan fingerprint density at radius 3 is 2.62 bits per heavy atom. The van der Waals surface area contributed by atoms with Crippen molar-refractivity contribution in [2.24, 2.45) is 11.7 Å². The Balaban J connectivity index is 1.58. The van der Waals surface area contributed by atoms with E-state index in [0.29, 0.717) is 19.1 Å². The van der Waals surface area contributed by atoms with Crippen molar-refractivity contribution >= 4 is 6.09 Å². The van der Waals surface area contributed by atoms with Gasteiger partial charge in [-0.1, -0.05) is 36.4 Å². The van der Waals surface area contributed by atoms with E-state index < -0.39 is 0 Å². The van der Waals surface area contributed by atoms with Gasteiger partial charge in [0, 0.05) is 12.6 Å². The smallest absolute Gasteiger partial charge is 0.410 e. The van der Waals surface area contributed by atoms with E-state index >= 15 is 0 Å². The maximum atomic E-state index is 13.4. The van der Waals surface area contributed by atoms with E-state index in [4.69, 9.17) is 10.5 Å². The molecule has 26 heavy (non-hydrogen) atoms. The zero-order valence-electron chi connectivity index (χ0n) is 14.6. The third-order valence-electron chi connectivity index (χ3n) is 5.42. The van der Waals surface area contributed by atoms with Gasteiger partial charge in [0.2, 0.25) is 0 Å². The summed E-state index contributed by atoms with van der Waals surface area (Å²) in [5.74, 6) is 0.0867. The molecule has 2 aliphatic rings. The molecule has 1 aliphatic heterocycles. The third kappa shape index (κ3) is 3.31. The molecular formula is C21H23FN2O2. The van der Waals surface area contributed by atoms with Crippen LogP contribution < -0.4 is 5.73 Å². The molecule has 0 unspecified atom stereocenters. The number of hydrogen-bond donors (Lipinski definition) is 1. The van der Waals surface area contributed by atoms with E-state index in [1.165, 1.54) is 17.7 Å². The van der Waals surface area contributed by atoms with E-state index in [1.807, 2.05) is 18.2 Å². The van der Waals surface area contributed by atoms with Gasteiger partial charge in [-0.05, 0) is 54.0 Å². The molecule has 1 atom stereocenters. The molecule has 2 aromatic rings. The zero-order chi connectivity index (χ0) is 18.1. The Bertz CT molecular complexity index is 787. The monoisotopic (exact) mass is 354 g/mol. The minimum Gasteiger partial charge on any atom is -0.449 e. The molecule has 1 saturated carbocycles. The van der Waals surface area contributed by atoms with Gasteiger partial charge in [-0.3, -0.25) is 4.90 Å². The first-order valence-electron chi connectivity index (χ1n) is 9.14. The third-order valence-corrected chi connectivity index (χ3v) is 5.42. The van der Waals surface area contributed by atoms with Crippen molar-refractivity contribution < 1.29 is 13.9 Å². The lowest BCUT2D eigenvalue weighted by Gasteiger charge is -2.38. The quantitative estimate of drug-likeness (QED) is 0.915. The van der Waals surface area contributed by atoms with E-state index in [1.54, 1.807) is 17.0 Å². The Kier molecular flexibility index (Phi) is 4.64. The van der Waals surface area contributed by atoms with Crippen LogP contribution in [0, 0.1) is 11.7 Å². The topological polar surface area (TPSA) is 55.6 Å². The number of amides is 1. The van der Waals surface area contributed by atoms with Crippen molar-refractivity contribution in [2.45, 2.75) is 31.3 Å². The first-order chi connectivity index (χ1) is 12.6. The molecular weight excluding hydrogens is 331 g/mol. The summed E-state index contributed by atoms with van der Waals surface area (Å²) in [6, 6.07) is 14.5. The summed E-state index contributed by atoms with van der Waals surface area (Å²) in [5, 5.41) is 0. The second-order valence-electron chi connectivity index (χ2n) is 7.27. The minimum absolute atomic E-state index is 0.243. The maximum Gasteiger partial charge on any atom is 0.410 e. The molecule has 1 aliphatic carbocycles. The van der Waals surface area contributed by atoms with Crippen LogP contribution in [0.15, 0.2) is 48.5 Å². The Hall–Kier alpha value is -2.40. The second-order valence-corrected chi connectivity index (χ2v) is 7.27. The number of benzene rings is 2. The summed E-state index contributed by atoms with van der Waals surface area (Å²) in [4.78, 5) is 14.5. The molecule has 1 fully saturated rings. The molecule has 136 valence electrons.